The van der Waals surface area contributed by atoms with E-state index >= 15 is 0 Å². The molecule has 0 aliphatic carbocycles. The molecule has 0 aromatic carbocycles. The van der Waals surface area contributed by atoms with Crippen molar-refractivity contribution in [3.8, 4) is 0 Å². The Labute approximate surface area is 163 Å². The lowest BCUT2D eigenvalue weighted by atomic mass is 9.89. The number of hydrogen-bond acceptors (Lipinski definition) is 5. The van der Waals surface area contributed by atoms with Crippen molar-refractivity contribution in [1.29, 1.82) is 0 Å². The van der Waals surface area contributed by atoms with Gasteiger partial charge in [-0.15, -0.1) is 0 Å². The summed E-state index contributed by atoms with van der Waals surface area (Å²) in [5.74, 6) is 3.29. The minimum Gasteiger partial charge on any atom is -0.379 e. The highest BCUT2D eigenvalue weighted by Crippen LogP contribution is 2.34. The number of thioether (sulfide) groups is 1. The molecule has 0 spiro atoms. The molecule has 2 saturated heterocycles. The van der Waals surface area contributed by atoms with Crippen LogP contribution in [0.15, 0.2) is 4.99 Å². The molecule has 2 N–H and O–H groups in total. The number of morpholine rings is 1. The van der Waals surface area contributed by atoms with Crippen molar-refractivity contribution >= 4 is 17.7 Å². The summed E-state index contributed by atoms with van der Waals surface area (Å²) in [4.78, 5) is 7.58. The predicted octanol–water partition coefficient (Wildman–Crippen LogP) is 1.81. The molecule has 2 aliphatic heterocycles. The van der Waals surface area contributed by atoms with Crippen LogP contribution in [-0.4, -0.2) is 87.1 Å². The van der Waals surface area contributed by atoms with Gasteiger partial charge in [0.1, 0.15) is 0 Å². The number of ether oxygens (including phenoxy) is 2. The van der Waals surface area contributed by atoms with Crippen LogP contribution in [0.5, 0.6) is 0 Å². The fourth-order valence-corrected chi connectivity index (χ4v) is 5.08. The highest BCUT2D eigenvalue weighted by molar-refractivity contribution is 7.99. The SMILES string of the molecule is CCNC(=NCC1(N2CCOCC2)CCSC1)NCC(OC)C(C)(C)C. The Morgan fingerprint density at radius 2 is 2.04 bits per heavy atom. The summed E-state index contributed by atoms with van der Waals surface area (Å²) in [7, 11) is 1.78. The second kappa shape index (κ2) is 10.2. The summed E-state index contributed by atoms with van der Waals surface area (Å²) < 4.78 is 11.2. The molecule has 152 valence electrons. The summed E-state index contributed by atoms with van der Waals surface area (Å²) in [5, 5.41) is 6.88. The van der Waals surface area contributed by atoms with Crippen LogP contribution in [0.2, 0.25) is 0 Å². The first-order chi connectivity index (χ1) is 12.4. The monoisotopic (exact) mass is 386 g/mol. The molecule has 0 aromatic heterocycles. The molecule has 0 radical (unpaired) electrons. The summed E-state index contributed by atoms with van der Waals surface area (Å²) in [6, 6.07) is 0. The standard InChI is InChI=1S/C19H38N4O2S/c1-6-20-17(21-13-16(24-5)18(2,3)4)22-14-19(7-12-26-15-19)23-8-10-25-11-9-23/h16H,6-15H2,1-5H3,(H2,20,21,22). The van der Waals surface area contributed by atoms with E-state index in [-0.39, 0.29) is 17.1 Å². The molecular formula is C19H38N4O2S. The summed E-state index contributed by atoms with van der Waals surface area (Å²) in [6.45, 7) is 14.9. The number of guanidine groups is 1. The third-order valence-corrected chi connectivity index (χ3v) is 6.58. The zero-order valence-electron chi connectivity index (χ0n) is 17.3. The molecule has 0 aromatic rings. The van der Waals surface area contributed by atoms with E-state index < -0.39 is 0 Å². The van der Waals surface area contributed by atoms with Crippen molar-refractivity contribution in [3.05, 3.63) is 0 Å². The van der Waals surface area contributed by atoms with E-state index in [2.05, 4.69) is 55.0 Å². The Morgan fingerprint density at radius 3 is 2.58 bits per heavy atom. The Balaban J connectivity index is 2.01. The second-order valence-corrected chi connectivity index (χ2v) is 9.40. The molecule has 2 unspecified atom stereocenters. The number of nitrogens with one attached hydrogen (secondary N) is 2. The summed E-state index contributed by atoms with van der Waals surface area (Å²) in [6.07, 6.45) is 1.35. The van der Waals surface area contributed by atoms with Crippen molar-refractivity contribution < 1.29 is 9.47 Å². The van der Waals surface area contributed by atoms with Gasteiger partial charge in [-0.1, -0.05) is 20.8 Å². The van der Waals surface area contributed by atoms with E-state index in [1.807, 2.05) is 0 Å². The van der Waals surface area contributed by atoms with Gasteiger partial charge in [-0.3, -0.25) is 9.89 Å². The van der Waals surface area contributed by atoms with E-state index in [0.717, 1.165) is 51.9 Å². The molecule has 26 heavy (non-hydrogen) atoms. The number of rotatable bonds is 7. The molecule has 0 bridgehead atoms. The topological polar surface area (TPSA) is 58.1 Å². The van der Waals surface area contributed by atoms with Crippen LogP contribution in [0, 0.1) is 5.41 Å². The maximum atomic E-state index is 5.67. The molecule has 0 saturated carbocycles. The first kappa shape index (κ1) is 21.8. The molecule has 0 amide bonds. The highest BCUT2D eigenvalue weighted by Gasteiger charge is 2.40. The van der Waals surface area contributed by atoms with Gasteiger partial charge in [0.05, 0.1) is 31.4 Å². The van der Waals surface area contributed by atoms with E-state index in [0.29, 0.717) is 0 Å². The number of nitrogens with zero attached hydrogens (tertiary/aromatic N) is 2. The smallest absolute Gasteiger partial charge is 0.191 e. The number of hydrogen-bond donors (Lipinski definition) is 2. The average molecular weight is 387 g/mol. The van der Waals surface area contributed by atoms with Crippen molar-refractivity contribution in [2.75, 3.05) is 64.6 Å². The van der Waals surface area contributed by atoms with Crippen LogP contribution in [-0.2, 0) is 9.47 Å². The Morgan fingerprint density at radius 1 is 1.31 bits per heavy atom. The van der Waals surface area contributed by atoms with E-state index in [4.69, 9.17) is 14.5 Å². The first-order valence-electron chi connectivity index (χ1n) is 9.87. The molecule has 2 fully saturated rings. The highest BCUT2D eigenvalue weighted by atomic mass is 32.2. The largest absolute Gasteiger partial charge is 0.379 e. The maximum Gasteiger partial charge on any atom is 0.191 e. The minimum atomic E-state index is 0.0934. The lowest BCUT2D eigenvalue weighted by Crippen LogP contribution is -2.56. The molecular weight excluding hydrogens is 348 g/mol. The fourth-order valence-electron chi connectivity index (χ4n) is 3.61. The van der Waals surface area contributed by atoms with Gasteiger partial charge in [-0.05, 0) is 24.5 Å². The zero-order valence-corrected chi connectivity index (χ0v) is 18.1. The van der Waals surface area contributed by atoms with Crippen LogP contribution in [0.1, 0.15) is 34.1 Å². The van der Waals surface area contributed by atoms with Gasteiger partial charge in [-0.2, -0.15) is 11.8 Å². The van der Waals surface area contributed by atoms with Gasteiger partial charge in [0.25, 0.3) is 0 Å². The zero-order chi connectivity index (χ0) is 19.0. The van der Waals surface area contributed by atoms with E-state index in [1.54, 1.807) is 7.11 Å². The van der Waals surface area contributed by atoms with Crippen LogP contribution < -0.4 is 10.6 Å². The van der Waals surface area contributed by atoms with Gasteiger partial charge >= 0.3 is 0 Å². The minimum absolute atomic E-state index is 0.0934. The molecule has 6 nitrogen and oxygen atoms in total. The van der Waals surface area contributed by atoms with Crippen molar-refractivity contribution in [3.63, 3.8) is 0 Å². The number of methoxy groups -OCH3 is 1. The van der Waals surface area contributed by atoms with Gasteiger partial charge < -0.3 is 20.1 Å². The predicted molar refractivity (Wildman–Crippen MR) is 111 cm³/mol. The van der Waals surface area contributed by atoms with E-state index in [9.17, 15) is 0 Å². The lowest BCUT2D eigenvalue weighted by molar-refractivity contribution is -0.0104. The van der Waals surface area contributed by atoms with Gasteiger partial charge in [0.15, 0.2) is 5.96 Å². The van der Waals surface area contributed by atoms with Crippen molar-refractivity contribution in [2.24, 2.45) is 10.4 Å². The third kappa shape index (κ3) is 6.01. The Hall–Kier alpha value is -0.500. The third-order valence-electron chi connectivity index (χ3n) is 5.35. The maximum absolute atomic E-state index is 5.67. The Kier molecular flexibility index (Phi) is 8.51. The van der Waals surface area contributed by atoms with E-state index in [1.165, 1.54) is 17.9 Å². The van der Waals surface area contributed by atoms with Gasteiger partial charge in [0, 0.05) is 39.0 Å². The number of aliphatic imine (C=N–C) groups is 1. The van der Waals surface area contributed by atoms with Crippen LogP contribution >= 0.6 is 11.8 Å². The molecule has 2 aliphatic rings. The quantitative estimate of drug-likeness (QED) is 0.514. The van der Waals surface area contributed by atoms with Crippen LogP contribution in [0.25, 0.3) is 0 Å². The molecule has 2 heterocycles. The molecule has 2 rings (SSSR count). The first-order valence-corrected chi connectivity index (χ1v) is 11.0. The fraction of sp³-hybridized carbons (Fsp3) is 0.947. The van der Waals surface area contributed by atoms with Gasteiger partial charge in [-0.25, -0.2) is 0 Å². The Bertz CT molecular complexity index is 441. The summed E-state index contributed by atoms with van der Waals surface area (Å²) >= 11 is 2.05. The average Bonchev–Trinajstić information content (AvgIpc) is 3.10. The molecule has 2 atom stereocenters. The second-order valence-electron chi connectivity index (χ2n) is 8.29. The van der Waals surface area contributed by atoms with Crippen molar-refractivity contribution in [1.82, 2.24) is 15.5 Å². The van der Waals surface area contributed by atoms with Crippen LogP contribution in [0.3, 0.4) is 0 Å². The van der Waals surface area contributed by atoms with Gasteiger partial charge in [0.2, 0.25) is 0 Å². The van der Waals surface area contributed by atoms with Crippen LogP contribution in [0.4, 0.5) is 0 Å². The normalized spacial score (nSPS) is 26.7. The molecule has 7 heteroatoms. The summed E-state index contributed by atoms with van der Waals surface area (Å²) in [5.41, 5.74) is 0.275. The van der Waals surface area contributed by atoms with Crippen molar-refractivity contribution in [2.45, 2.75) is 45.8 Å². The lowest BCUT2D eigenvalue weighted by Gasteiger charge is -2.42.